The van der Waals surface area contributed by atoms with Crippen molar-refractivity contribution in [1.29, 1.82) is 0 Å². The van der Waals surface area contributed by atoms with Crippen LogP contribution in [0.25, 0.3) is 0 Å². The number of halogens is 2. The molecule has 0 unspecified atom stereocenters. The molecule has 0 aliphatic carbocycles. The lowest BCUT2D eigenvalue weighted by atomic mass is 10.4. The van der Waals surface area contributed by atoms with Crippen molar-refractivity contribution >= 4 is 54.9 Å². The summed E-state index contributed by atoms with van der Waals surface area (Å²) < 4.78 is 31.1. The number of rotatable bonds is 5. The molecule has 108 valence electrons. The van der Waals surface area contributed by atoms with Gasteiger partial charge in [-0.1, -0.05) is 11.6 Å². The number of nitrogens with zero attached hydrogens (tertiary/aromatic N) is 1. The van der Waals surface area contributed by atoms with Gasteiger partial charge in [0, 0.05) is 6.04 Å². The van der Waals surface area contributed by atoms with Crippen LogP contribution in [0.15, 0.2) is 14.1 Å². The van der Waals surface area contributed by atoms with Crippen LogP contribution in [0.3, 0.4) is 0 Å². The van der Waals surface area contributed by atoms with Crippen molar-refractivity contribution < 1.29 is 17.9 Å². The minimum absolute atomic E-state index is 0.0852. The molecular weight excluding hydrogens is 378 g/mol. The Morgan fingerprint density at radius 1 is 1.58 bits per heavy atom. The quantitative estimate of drug-likeness (QED) is 0.725. The maximum absolute atomic E-state index is 12.4. The summed E-state index contributed by atoms with van der Waals surface area (Å²) in [7, 11) is -2.56. The third kappa shape index (κ3) is 3.91. The molecule has 1 aromatic heterocycles. The summed E-state index contributed by atoms with van der Waals surface area (Å²) in [6, 6.07) is 0.988. The first kappa shape index (κ1) is 16.9. The lowest BCUT2D eigenvalue weighted by Gasteiger charge is -2.23. The highest BCUT2D eigenvalue weighted by atomic mass is 79.9. The van der Waals surface area contributed by atoms with Crippen molar-refractivity contribution in [3.05, 3.63) is 14.9 Å². The van der Waals surface area contributed by atoms with Crippen LogP contribution in [-0.4, -0.2) is 38.4 Å². The Hall–Kier alpha value is -0.150. The third-order valence-electron chi connectivity index (χ3n) is 2.27. The smallest absolute Gasteiger partial charge is 0.321 e. The first-order chi connectivity index (χ1) is 8.70. The molecule has 0 amide bonds. The Labute approximate surface area is 129 Å². The zero-order valence-electron chi connectivity index (χ0n) is 10.5. The van der Waals surface area contributed by atoms with Gasteiger partial charge < -0.3 is 4.74 Å². The largest absolute Gasteiger partial charge is 0.468 e. The van der Waals surface area contributed by atoms with E-state index in [4.69, 9.17) is 11.6 Å². The third-order valence-corrected chi connectivity index (χ3v) is 7.22. The van der Waals surface area contributed by atoms with Crippen molar-refractivity contribution in [3.8, 4) is 0 Å². The molecule has 0 saturated heterocycles. The second kappa shape index (κ2) is 6.53. The number of esters is 1. The fraction of sp³-hybridized carbons (Fsp3) is 0.500. The molecule has 0 atom stereocenters. The van der Waals surface area contributed by atoms with E-state index in [-0.39, 0.29) is 16.8 Å². The summed E-state index contributed by atoms with van der Waals surface area (Å²) in [5.41, 5.74) is 0. The van der Waals surface area contributed by atoms with Crippen molar-refractivity contribution in [2.24, 2.45) is 0 Å². The Morgan fingerprint density at radius 2 is 2.16 bits per heavy atom. The predicted molar refractivity (Wildman–Crippen MR) is 78.1 cm³/mol. The molecule has 0 bridgehead atoms. The van der Waals surface area contributed by atoms with Crippen LogP contribution in [0.5, 0.6) is 0 Å². The summed E-state index contributed by atoms with van der Waals surface area (Å²) in [6.45, 7) is 3.04. The summed E-state index contributed by atoms with van der Waals surface area (Å²) in [5, 5.41) is 0.324. The second-order valence-corrected chi connectivity index (χ2v) is 8.80. The average Bonchev–Trinajstić information content (AvgIpc) is 2.66. The number of ether oxygens (including phenoxy) is 1. The van der Waals surface area contributed by atoms with Crippen LogP contribution in [0.4, 0.5) is 0 Å². The highest BCUT2D eigenvalue weighted by Crippen LogP contribution is 2.36. The monoisotopic (exact) mass is 389 g/mol. The molecule has 0 N–H and O–H groups in total. The van der Waals surface area contributed by atoms with Gasteiger partial charge in [0.25, 0.3) is 10.0 Å². The number of sulfonamides is 1. The van der Waals surface area contributed by atoms with Gasteiger partial charge in [0.05, 0.1) is 15.9 Å². The number of carbonyl (C=O) groups is 1. The van der Waals surface area contributed by atoms with E-state index in [1.807, 2.05) is 0 Å². The topological polar surface area (TPSA) is 63.7 Å². The number of hydrogen-bond donors (Lipinski definition) is 0. The van der Waals surface area contributed by atoms with Crippen molar-refractivity contribution in [2.45, 2.75) is 24.1 Å². The minimum atomic E-state index is -3.77. The molecule has 0 aromatic carbocycles. The van der Waals surface area contributed by atoms with Gasteiger partial charge in [0.1, 0.15) is 10.8 Å². The van der Waals surface area contributed by atoms with E-state index < -0.39 is 16.0 Å². The van der Waals surface area contributed by atoms with E-state index >= 15 is 0 Å². The summed E-state index contributed by atoms with van der Waals surface area (Å²) in [4.78, 5) is 11.3. The molecule has 1 rings (SSSR count). The molecule has 0 spiro atoms. The van der Waals surface area contributed by atoms with Crippen LogP contribution < -0.4 is 0 Å². The molecule has 1 aromatic rings. The lowest BCUT2D eigenvalue weighted by Crippen LogP contribution is -2.40. The normalized spacial score (nSPS) is 12.2. The van der Waals surface area contributed by atoms with Crippen molar-refractivity contribution in [3.63, 3.8) is 0 Å². The fourth-order valence-electron chi connectivity index (χ4n) is 1.31. The fourth-order valence-corrected chi connectivity index (χ4v) is 5.42. The first-order valence-corrected chi connectivity index (χ1v) is 8.66. The van der Waals surface area contributed by atoms with Gasteiger partial charge in [-0.05, 0) is 35.8 Å². The zero-order valence-corrected chi connectivity index (χ0v) is 14.5. The van der Waals surface area contributed by atoms with Crippen molar-refractivity contribution in [2.75, 3.05) is 13.7 Å². The molecule has 0 saturated carbocycles. The maximum atomic E-state index is 12.4. The molecular formula is C10H13BrClNO4S2. The Balaban J connectivity index is 3.16. The number of hydrogen-bond acceptors (Lipinski definition) is 5. The maximum Gasteiger partial charge on any atom is 0.321 e. The highest BCUT2D eigenvalue weighted by molar-refractivity contribution is 9.11. The van der Waals surface area contributed by atoms with Crippen molar-refractivity contribution in [1.82, 2.24) is 4.31 Å². The highest BCUT2D eigenvalue weighted by Gasteiger charge is 2.31. The van der Waals surface area contributed by atoms with Crippen LogP contribution in [0.2, 0.25) is 5.02 Å². The molecule has 0 fully saturated rings. The lowest BCUT2D eigenvalue weighted by molar-refractivity contribution is -0.141. The summed E-state index contributed by atoms with van der Waals surface area (Å²) in [5.74, 6) is -0.612. The van der Waals surface area contributed by atoms with Crippen LogP contribution >= 0.6 is 38.9 Å². The van der Waals surface area contributed by atoms with Gasteiger partial charge in [-0.25, -0.2) is 8.42 Å². The predicted octanol–water partition coefficient (Wildman–Crippen LogP) is 2.74. The minimum Gasteiger partial charge on any atom is -0.468 e. The second-order valence-electron chi connectivity index (χ2n) is 3.91. The van der Waals surface area contributed by atoms with Crippen LogP contribution in [0.1, 0.15) is 13.8 Å². The molecule has 0 radical (unpaired) electrons. The van der Waals surface area contributed by atoms with E-state index in [0.29, 0.717) is 8.81 Å². The molecule has 19 heavy (non-hydrogen) atoms. The Kier molecular flexibility index (Phi) is 5.81. The number of carbonyl (C=O) groups excluding carboxylic acids is 1. The molecule has 9 heteroatoms. The molecule has 1 heterocycles. The van der Waals surface area contributed by atoms with Crippen LogP contribution in [0, 0.1) is 0 Å². The SMILES string of the molecule is COC(=O)CN(C(C)C)S(=O)(=O)c1cc(Cl)c(Br)s1. The molecule has 0 aliphatic heterocycles. The summed E-state index contributed by atoms with van der Waals surface area (Å²) >= 11 is 10.0. The Bertz CT molecular complexity index is 551. The van der Waals surface area contributed by atoms with Gasteiger partial charge in [-0.2, -0.15) is 4.31 Å². The van der Waals surface area contributed by atoms with Gasteiger partial charge in [-0.15, -0.1) is 11.3 Å². The number of methoxy groups -OCH3 is 1. The van der Waals surface area contributed by atoms with Gasteiger partial charge in [0.2, 0.25) is 0 Å². The molecule has 5 nitrogen and oxygen atoms in total. The number of thiophene rings is 1. The molecule has 0 aliphatic rings. The van der Waals surface area contributed by atoms with E-state index in [1.54, 1.807) is 13.8 Å². The zero-order chi connectivity index (χ0) is 14.8. The van der Waals surface area contributed by atoms with Gasteiger partial charge in [0.15, 0.2) is 0 Å². The van der Waals surface area contributed by atoms with E-state index in [2.05, 4.69) is 20.7 Å². The standard InChI is InChI=1S/C10H13BrClNO4S2/c1-6(2)13(5-8(14)17-3)19(15,16)9-4-7(12)10(11)18-9/h4,6H,5H2,1-3H3. The summed E-state index contributed by atoms with van der Waals surface area (Å²) in [6.07, 6.45) is 0. The van der Waals surface area contributed by atoms with E-state index in [0.717, 1.165) is 15.6 Å². The van der Waals surface area contributed by atoms with E-state index in [9.17, 15) is 13.2 Å². The Morgan fingerprint density at radius 3 is 2.53 bits per heavy atom. The van der Waals surface area contributed by atoms with E-state index in [1.165, 1.54) is 13.2 Å². The first-order valence-electron chi connectivity index (χ1n) is 5.23. The van der Waals surface area contributed by atoms with Gasteiger partial charge >= 0.3 is 5.97 Å². The average molecular weight is 391 g/mol. The van der Waals surface area contributed by atoms with Gasteiger partial charge in [-0.3, -0.25) is 4.79 Å². The van der Waals surface area contributed by atoms with Crippen LogP contribution in [-0.2, 0) is 19.6 Å².